The molecule has 0 unspecified atom stereocenters. The van der Waals surface area contributed by atoms with Gasteiger partial charge in [0.15, 0.2) is 5.13 Å². The standard InChI is InChI=1S/C10H16ClN3S/c1-10(12-2)3-5-14(6-4-10)9-13-8(11)7-15-9/h7,12H,3-6H2,1-2H3. The monoisotopic (exact) mass is 245 g/mol. The molecule has 0 saturated carbocycles. The van der Waals surface area contributed by atoms with Crippen LogP contribution in [0.1, 0.15) is 19.8 Å². The summed E-state index contributed by atoms with van der Waals surface area (Å²) in [4.78, 5) is 6.61. The van der Waals surface area contributed by atoms with E-state index in [9.17, 15) is 0 Å². The molecule has 2 rings (SSSR count). The molecule has 1 saturated heterocycles. The average molecular weight is 246 g/mol. The van der Waals surface area contributed by atoms with Crippen molar-refractivity contribution in [3.05, 3.63) is 10.5 Å². The predicted molar refractivity (Wildman–Crippen MR) is 66.0 cm³/mol. The van der Waals surface area contributed by atoms with E-state index in [0.29, 0.717) is 5.15 Å². The zero-order chi connectivity index (χ0) is 10.9. The molecule has 1 aliphatic heterocycles. The summed E-state index contributed by atoms with van der Waals surface area (Å²) in [6.07, 6.45) is 2.31. The molecule has 5 heteroatoms. The minimum Gasteiger partial charge on any atom is -0.348 e. The van der Waals surface area contributed by atoms with E-state index < -0.39 is 0 Å². The lowest BCUT2D eigenvalue weighted by molar-refractivity contribution is 0.305. The number of thiazole rings is 1. The second kappa shape index (κ2) is 4.28. The molecule has 2 heterocycles. The highest BCUT2D eigenvalue weighted by Gasteiger charge is 2.29. The van der Waals surface area contributed by atoms with E-state index in [1.807, 2.05) is 12.4 Å². The fourth-order valence-electron chi connectivity index (χ4n) is 1.83. The van der Waals surface area contributed by atoms with Gasteiger partial charge in [0.05, 0.1) is 0 Å². The number of aromatic nitrogens is 1. The van der Waals surface area contributed by atoms with Crippen LogP contribution in [-0.2, 0) is 0 Å². The number of halogens is 1. The summed E-state index contributed by atoms with van der Waals surface area (Å²) >= 11 is 7.45. The maximum atomic E-state index is 5.82. The number of nitrogens with one attached hydrogen (secondary N) is 1. The van der Waals surface area contributed by atoms with Crippen LogP contribution < -0.4 is 10.2 Å². The number of anilines is 1. The highest BCUT2D eigenvalue weighted by atomic mass is 35.5. The second-order valence-corrected chi connectivity index (χ2v) is 5.47. The first-order valence-electron chi connectivity index (χ1n) is 5.18. The molecule has 1 aromatic rings. The molecule has 0 radical (unpaired) electrons. The van der Waals surface area contributed by atoms with E-state index in [0.717, 1.165) is 31.1 Å². The van der Waals surface area contributed by atoms with E-state index >= 15 is 0 Å². The number of hydrogen-bond donors (Lipinski definition) is 1. The van der Waals surface area contributed by atoms with Crippen molar-refractivity contribution in [3.8, 4) is 0 Å². The van der Waals surface area contributed by atoms with Gasteiger partial charge in [-0.1, -0.05) is 11.6 Å². The first kappa shape index (κ1) is 11.2. The van der Waals surface area contributed by atoms with Gasteiger partial charge in [0.25, 0.3) is 0 Å². The molecular weight excluding hydrogens is 230 g/mol. The molecule has 0 bridgehead atoms. The van der Waals surface area contributed by atoms with E-state index in [4.69, 9.17) is 11.6 Å². The lowest BCUT2D eigenvalue weighted by Crippen LogP contribution is -2.50. The van der Waals surface area contributed by atoms with Gasteiger partial charge in [-0.15, -0.1) is 11.3 Å². The van der Waals surface area contributed by atoms with Crippen molar-refractivity contribution in [2.45, 2.75) is 25.3 Å². The highest BCUT2D eigenvalue weighted by Crippen LogP contribution is 2.29. The Kier molecular flexibility index (Phi) is 3.19. The molecule has 0 atom stereocenters. The number of hydrogen-bond acceptors (Lipinski definition) is 4. The molecule has 1 N–H and O–H groups in total. The Morgan fingerprint density at radius 1 is 1.53 bits per heavy atom. The summed E-state index contributed by atoms with van der Waals surface area (Å²) in [7, 11) is 2.04. The van der Waals surface area contributed by atoms with Crippen molar-refractivity contribution in [2.24, 2.45) is 0 Å². The number of rotatable bonds is 2. The summed E-state index contributed by atoms with van der Waals surface area (Å²) in [5, 5.41) is 6.94. The van der Waals surface area contributed by atoms with Crippen molar-refractivity contribution in [1.82, 2.24) is 10.3 Å². The minimum absolute atomic E-state index is 0.289. The molecule has 1 aliphatic rings. The molecule has 0 spiro atoms. The summed E-state index contributed by atoms with van der Waals surface area (Å²) < 4.78 is 0. The summed E-state index contributed by atoms with van der Waals surface area (Å²) in [6.45, 7) is 4.39. The van der Waals surface area contributed by atoms with Crippen molar-refractivity contribution >= 4 is 28.1 Å². The zero-order valence-corrected chi connectivity index (χ0v) is 10.7. The maximum absolute atomic E-state index is 5.82. The molecule has 0 aromatic carbocycles. The smallest absolute Gasteiger partial charge is 0.186 e. The maximum Gasteiger partial charge on any atom is 0.186 e. The first-order chi connectivity index (χ1) is 7.13. The van der Waals surface area contributed by atoms with Crippen LogP contribution in [0.25, 0.3) is 0 Å². The van der Waals surface area contributed by atoms with Gasteiger partial charge >= 0.3 is 0 Å². The molecule has 84 valence electrons. The van der Waals surface area contributed by atoms with E-state index in [-0.39, 0.29) is 5.54 Å². The van der Waals surface area contributed by atoms with Gasteiger partial charge < -0.3 is 10.2 Å². The third kappa shape index (κ3) is 2.44. The van der Waals surface area contributed by atoms with Crippen molar-refractivity contribution in [1.29, 1.82) is 0 Å². The van der Waals surface area contributed by atoms with E-state index in [2.05, 4.69) is 22.1 Å². The third-order valence-corrected chi connectivity index (χ3v) is 4.43. The van der Waals surface area contributed by atoms with Crippen LogP contribution in [0.2, 0.25) is 5.15 Å². The zero-order valence-electron chi connectivity index (χ0n) is 9.09. The minimum atomic E-state index is 0.289. The summed E-state index contributed by atoms with van der Waals surface area (Å²) in [6, 6.07) is 0. The number of piperidine rings is 1. The SMILES string of the molecule is CNC1(C)CCN(c2nc(Cl)cs2)CC1. The Morgan fingerprint density at radius 2 is 2.20 bits per heavy atom. The molecule has 15 heavy (non-hydrogen) atoms. The van der Waals surface area contributed by atoms with Crippen molar-refractivity contribution in [2.75, 3.05) is 25.0 Å². The molecule has 1 fully saturated rings. The molecule has 3 nitrogen and oxygen atoms in total. The van der Waals surface area contributed by atoms with Gasteiger partial charge in [-0.3, -0.25) is 0 Å². The normalized spacial score (nSPS) is 20.6. The molecule has 0 amide bonds. The van der Waals surface area contributed by atoms with Crippen LogP contribution in [0.15, 0.2) is 5.38 Å². The van der Waals surface area contributed by atoms with Crippen LogP contribution in [0.3, 0.4) is 0 Å². The second-order valence-electron chi connectivity index (χ2n) is 4.25. The Balaban J connectivity index is 1.99. The summed E-state index contributed by atoms with van der Waals surface area (Å²) in [5.74, 6) is 0. The predicted octanol–water partition coefficient (Wildman–Crippen LogP) is 2.37. The van der Waals surface area contributed by atoms with Gasteiger partial charge in [0.2, 0.25) is 0 Å². The van der Waals surface area contributed by atoms with Crippen LogP contribution >= 0.6 is 22.9 Å². The molecule has 0 aliphatic carbocycles. The Labute approximate surface area is 99.5 Å². The highest BCUT2D eigenvalue weighted by molar-refractivity contribution is 7.14. The van der Waals surface area contributed by atoms with Gasteiger partial charge in [0.1, 0.15) is 5.15 Å². The van der Waals surface area contributed by atoms with Crippen molar-refractivity contribution in [3.63, 3.8) is 0 Å². The van der Waals surface area contributed by atoms with Crippen LogP contribution in [0.5, 0.6) is 0 Å². The lowest BCUT2D eigenvalue weighted by Gasteiger charge is -2.39. The van der Waals surface area contributed by atoms with Crippen LogP contribution in [0.4, 0.5) is 5.13 Å². The Hall–Kier alpha value is -0.320. The number of nitrogens with zero attached hydrogens (tertiary/aromatic N) is 2. The first-order valence-corrected chi connectivity index (χ1v) is 6.44. The Morgan fingerprint density at radius 3 is 2.67 bits per heavy atom. The van der Waals surface area contributed by atoms with E-state index in [1.54, 1.807) is 11.3 Å². The average Bonchev–Trinajstić information content (AvgIpc) is 2.66. The van der Waals surface area contributed by atoms with Crippen LogP contribution in [0, 0.1) is 0 Å². The third-order valence-electron chi connectivity index (χ3n) is 3.21. The Bertz CT molecular complexity index is 331. The van der Waals surface area contributed by atoms with Gasteiger partial charge in [-0.25, -0.2) is 4.98 Å². The van der Waals surface area contributed by atoms with Gasteiger partial charge in [0, 0.05) is 24.0 Å². The quantitative estimate of drug-likeness (QED) is 0.867. The molecule has 1 aromatic heterocycles. The van der Waals surface area contributed by atoms with E-state index in [1.165, 1.54) is 0 Å². The van der Waals surface area contributed by atoms with Gasteiger partial charge in [-0.2, -0.15) is 0 Å². The fourth-order valence-corrected chi connectivity index (χ4v) is 2.83. The van der Waals surface area contributed by atoms with Crippen LogP contribution in [-0.4, -0.2) is 30.7 Å². The fraction of sp³-hybridized carbons (Fsp3) is 0.700. The molecular formula is C10H16ClN3S. The lowest BCUT2D eigenvalue weighted by atomic mass is 9.90. The summed E-state index contributed by atoms with van der Waals surface area (Å²) in [5.41, 5.74) is 0.289. The topological polar surface area (TPSA) is 28.2 Å². The van der Waals surface area contributed by atoms with Gasteiger partial charge in [-0.05, 0) is 26.8 Å². The largest absolute Gasteiger partial charge is 0.348 e. The van der Waals surface area contributed by atoms with Crippen molar-refractivity contribution < 1.29 is 0 Å².